The summed E-state index contributed by atoms with van der Waals surface area (Å²) >= 11 is 0. The van der Waals surface area contributed by atoms with Crippen LogP contribution in [0.2, 0.25) is 0 Å². The first kappa shape index (κ1) is 23.3. The molecule has 4 atom stereocenters. The third-order valence-electron chi connectivity index (χ3n) is 5.50. The standard InChI is InChI=1S/C18H27F5O5/c1-4-11(2)14(24)26-10-15(3)27-13(12-8-6-5-7-9-12)16(19,20)17(25,28-15)18(21,22)23/h11-13,25H,4-10H2,1-3H3. The number of rotatable bonds is 5. The Balaban J connectivity index is 2.33. The van der Waals surface area contributed by atoms with Gasteiger partial charge in [0, 0.05) is 0 Å². The average Bonchev–Trinajstić information content (AvgIpc) is 2.62. The van der Waals surface area contributed by atoms with Crippen molar-refractivity contribution in [3.63, 3.8) is 0 Å². The lowest BCUT2D eigenvalue weighted by Gasteiger charge is -2.52. The summed E-state index contributed by atoms with van der Waals surface area (Å²) in [5.41, 5.74) is 0. The molecule has 0 aromatic carbocycles. The Hall–Kier alpha value is -1.00. The van der Waals surface area contributed by atoms with E-state index in [0.29, 0.717) is 19.3 Å². The number of halogens is 5. The van der Waals surface area contributed by atoms with E-state index in [1.807, 2.05) is 0 Å². The average molecular weight is 418 g/mol. The maximum atomic E-state index is 14.8. The van der Waals surface area contributed by atoms with Gasteiger partial charge in [-0.3, -0.25) is 4.79 Å². The van der Waals surface area contributed by atoms with Gasteiger partial charge in [-0.2, -0.15) is 22.0 Å². The van der Waals surface area contributed by atoms with Crippen LogP contribution in [0.3, 0.4) is 0 Å². The predicted molar refractivity (Wildman–Crippen MR) is 87.3 cm³/mol. The van der Waals surface area contributed by atoms with Gasteiger partial charge in [-0.15, -0.1) is 0 Å². The highest BCUT2D eigenvalue weighted by molar-refractivity contribution is 5.71. The van der Waals surface area contributed by atoms with Crippen molar-refractivity contribution in [2.45, 2.75) is 89.1 Å². The lowest BCUT2D eigenvalue weighted by Crippen LogP contribution is -2.74. The predicted octanol–water partition coefficient (Wildman–Crippen LogP) is 4.17. The van der Waals surface area contributed by atoms with Gasteiger partial charge >= 0.3 is 23.9 Å². The van der Waals surface area contributed by atoms with Crippen molar-refractivity contribution in [1.29, 1.82) is 0 Å². The van der Waals surface area contributed by atoms with E-state index in [2.05, 4.69) is 4.74 Å². The van der Waals surface area contributed by atoms with Gasteiger partial charge in [-0.05, 0) is 32.1 Å². The molecule has 1 aliphatic heterocycles. The molecule has 4 unspecified atom stereocenters. The Bertz CT molecular complexity index is 563. The molecule has 164 valence electrons. The van der Waals surface area contributed by atoms with Gasteiger partial charge in [0.05, 0.1) is 5.92 Å². The zero-order valence-corrected chi connectivity index (χ0v) is 16.2. The molecular weight excluding hydrogens is 391 g/mol. The van der Waals surface area contributed by atoms with Crippen LogP contribution in [0, 0.1) is 11.8 Å². The van der Waals surface area contributed by atoms with Gasteiger partial charge in [0.15, 0.2) is 0 Å². The molecule has 1 saturated heterocycles. The van der Waals surface area contributed by atoms with Crippen LogP contribution in [-0.4, -0.2) is 47.5 Å². The lowest BCUT2D eigenvalue weighted by atomic mass is 9.80. The quantitative estimate of drug-likeness (QED) is 0.536. The normalized spacial score (nSPS) is 35.4. The van der Waals surface area contributed by atoms with E-state index < -0.39 is 54.2 Å². The number of esters is 1. The van der Waals surface area contributed by atoms with Crippen LogP contribution >= 0.6 is 0 Å². The highest BCUT2D eigenvalue weighted by atomic mass is 19.4. The van der Waals surface area contributed by atoms with Crippen LogP contribution in [-0.2, 0) is 19.0 Å². The van der Waals surface area contributed by atoms with Gasteiger partial charge in [0.2, 0.25) is 5.79 Å². The van der Waals surface area contributed by atoms with E-state index >= 15 is 0 Å². The number of alkyl halides is 5. The zero-order chi connectivity index (χ0) is 21.4. The van der Waals surface area contributed by atoms with Gasteiger partial charge in [-0.25, -0.2) is 0 Å². The Labute approximate surface area is 160 Å². The molecule has 10 heteroatoms. The van der Waals surface area contributed by atoms with E-state index in [1.54, 1.807) is 13.8 Å². The maximum Gasteiger partial charge on any atom is 0.449 e. The molecule has 1 aliphatic carbocycles. The largest absolute Gasteiger partial charge is 0.460 e. The third kappa shape index (κ3) is 4.28. The summed E-state index contributed by atoms with van der Waals surface area (Å²) in [5, 5.41) is 9.98. The second kappa shape index (κ2) is 8.02. The molecule has 1 heterocycles. The molecule has 1 N–H and O–H groups in total. The molecule has 2 rings (SSSR count). The van der Waals surface area contributed by atoms with Gasteiger partial charge in [0.25, 0.3) is 0 Å². The van der Waals surface area contributed by atoms with Crippen molar-refractivity contribution < 1.29 is 46.1 Å². The van der Waals surface area contributed by atoms with E-state index in [9.17, 15) is 31.9 Å². The molecule has 1 saturated carbocycles. The second-order valence-electron chi connectivity index (χ2n) is 7.85. The summed E-state index contributed by atoms with van der Waals surface area (Å²) in [6.45, 7) is 3.37. The molecule has 2 aliphatic rings. The molecule has 28 heavy (non-hydrogen) atoms. The first-order valence-electron chi connectivity index (χ1n) is 9.49. The van der Waals surface area contributed by atoms with Crippen molar-refractivity contribution >= 4 is 5.97 Å². The Morgan fingerprint density at radius 3 is 2.32 bits per heavy atom. The summed E-state index contributed by atoms with van der Waals surface area (Å²) in [6, 6.07) is 0. The van der Waals surface area contributed by atoms with Crippen molar-refractivity contribution in [1.82, 2.24) is 0 Å². The second-order valence-corrected chi connectivity index (χ2v) is 7.85. The van der Waals surface area contributed by atoms with Crippen molar-refractivity contribution in [2.24, 2.45) is 11.8 Å². The highest BCUT2D eigenvalue weighted by Crippen LogP contribution is 2.54. The van der Waals surface area contributed by atoms with Crippen LogP contribution in [0.1, 0.15) is 59.3 Å². The molecule has 5 nitrogen and oxygen atoms in total. The maximum absolute atomic E-state index is 14.8. The minimum Gasteiger partial charge on any atom is -0.460 e. The summed E-state index contributed by atoms with van der Waals surface area (Å²) in [6.07, 6.45) is -5.15. The van der Waals surface area contributed by atoms with E-state index in [4.69, 9.17) is 9.47 Å². The first-order chi connectivity index (χ1) is 12.8. The summed E-state index contributed by atoms with van der Waals surface area (Å²) < 4.78 is 84.6. The van der Waals surface area contributed by atoms with Crippen LogP contribution in [0.4, 0.5) is 22.0 Å². The van der Waals surface area contributed by atoms with E-state index in [-0.39, 0.29) is 12.8 Å². The van der Waals surface area contributed by atoms with E-state index in [1.165, 1.54) is 0 Å². The monoisotopic (exact) mass is 418 g/mol. The van der Waals surface area contributed by atoms with Crippen LogP contribution < -0.4 is 0 Å². The smallest absolute Gasteiger partial charge is 0.449 e. The molecule has 0 bridgehead atoms. The summed E-state index contributed by atoms with van der Waals surface area (Å²) in [4.78, 5) is 11.9. The molecule has 2 fully saturated rings. The molecule has 0 amide bonds. The van der Waals surface area contributed by atoms with Crippen LogP contribution in [0.15, 0.2) is 0 Å². The zero-order valence-electron chi connectivity index (χ0n) is 16.2. The molecule has 0 aromatic rings. The molecule has 0 aromatic heterocycles. The number of ether oxygens (including phenoxy) is 3. The fourth-order valence-corrected chi connectivity index (χ4v) is 3.59. The Kier molecular flexibility index (Phi) is 6.67. The summed E-state index contributed by atoms with van der Waals surface area (Å²) in [7, 11) is 0. The SMILES string of the molecule is CCC(C)C(=O)OCC1(C)OC(C2CCCCC2)C(F)(F)C(O)(C(F)(F)F)O1. The van der Waals surface area contributed by atoms with Crippen LogP contribution in [0.5, 0.6) is 0 Å². The van der Waals surface area contributed by atoms with Crippen molar-refractivity contribution in [2.75, 3.05) is 6.61 Å². The molecule has 0 radical (unpaired) electrons. The van der Waals surface area contributed by atoms with Gasteiger partial charge in [0.1, 0.15) is 12.7 Å². The lowest BCUT2D eigenvalue weighted by molar-refractivity contribution is -0.532. The minimum atomic E-state index is -5.78. The number of carbonyl (C=O) groups is 1. The fraction of sp³-hybridized carbons (Fsp3) is 0.944. The topological polar surface area (TPSA) is 65.0 Å². The molecule has 0 spiro atoms. The highest BCUT2D eigenvalue weighted by Gasteiger charge is 2.79. The summed E-state index contributed by atoms with van der Waals surface area (Å²) in [5.74, 6) is -14.0. The van der Waals surface area contributed by atoms with Crippen molar-refractivity contribution in [3.8, 4) is 0 Å². The van der Waals surface area contributed by atoms with E-state index in [0.717, 1.165) is 13.3 Å². The number of hydrogen-bond acceptors (Lipinski definition) is 5. The number of aliphatic hydroxyl groups is 1. The fourth-order valence-electron chi connectivity index (χ4n) is 3.59. The van der Waals surface area contributed by atoms with Gasteiger partial charge < -0.3 is 19.3 Å². The molecular formula is C18H27F5O5. The Morgan fingerprint density at radius 2 is 1.82 bits per heavy atom. The Morgan fingerprint density at radius 1 is 1.25 bits per heavy atom. The number of hydrogen-bond donors (Lipinski definition) is 1. The minimum absolute atomic E-state index is 0.247. The van der Waals surface area contributed by atoms with Crippen LogP contribution in [0.25, 0.3) is 0 Å². The number of carbonyl (C=O) groups excluding carboxylic acids is 1. The first-order valence-corrected chi connectivity index (χ1v) is 9.49. The van der Waals surface area contributed by atoms with Gasteiger partial charge in [-0.1, -0.05) is 33.1 Å². The third-order valence-corrected chi connectivity index (χ3v) is 5.50. The van der Waals surface area contributed by atoms with Crippen molar-refractivity contribution in [3.05, 3.63) is 0 Å².